The highest BCUT2D eigenvalue weighted by atomic mass is 16.5. The van der Waals surface area contributed by atoms with Crippen LogP contribution in [0.3, 0.4) is 0 Å². The minimum Gasteiger partial charge on any atom is -0.381 e. The van der Waals surface area contributed by atoms with Gasteiger partial charge in [-0.25, -0.2) is 0 Å². The standard InChI is InChI=1S/C14H26N2O2/c1-11-4-6-16(13(8-11)9-15)14(17)5-7-18-10-12-2-3-12/h11-13H,2-10,15H2,1H3. The molecule has 104 valence electrons. The van der Waals surface area contributed by atoms with E-state index in [0.717, 1.165) is 31.9 Å². The van der Waals surface area contributed by atoms with Crippen LogP contribution in [0, 0.1) is 11.8 Å². The fourth-order valence-corrected chi connectivity index (χ4v) is 2.64. The van der Waals surface area contributed by atoms with Crippen LogP contribution < -0.4 is 5.73 Å². The van der Waals surface area contributed by atoms with Gasteiger partial charge in [-0.05, 0) is 37.5 Å². The summed E-state index contributed by atoms with van der Waals surface area (Å²) < 4.78 is 5.53. The van der Waals surface area contributed by atoms with E-state index in [1.54, 1.807) is 0 Å². The largest absolute Gasteiger partial charge is 0.381 e. The summed E-state index contributed by atoms with van der Waals surface area (Å²) in [6.07, 6.45) is 5.26. The number of nitrogens with zero attached hydrogens (tertiary/aromatic N) is 1. The lowest BCUT2D eigenvalue weighted by Gasteiger charge is -2.38. The zero-order valence-electron chi connectivity index (χ0n) is 11.4. The summed E-state index contributed by atoms with van der Waals surface area (Å²) >= 11 is 0. The summed E-state index contributed by atoms with van der Waals surface area (Å²) in [4.78, 5) is 14.1. The molecule has 1 saturated carbocycles. The molecule has 0 bridgehead atoms. The van der Waals surface area contributed by atoms with Gasteiger partial charge in [0.25, 0.3) is 0 Å². The molecule has 0 radical (unpaired) electrons. The van der Waals surface area contributed by atoms with Crippen LogP contribution in [-0.2, 0) is 9.53 Å². The molecule has 0 aromatic rings. The third-order valence-corrected chi connectivity index (χ3v) is 4.08. The van der Waals surface area contributed by atoms with Crippen molar-refractivity contribution in [2.75, 3.05) is 26.3 Å². The fourth-order valence-electron chi connectivity index (χ4n) is 2.64. The van der Waals surface area contributed by atoms with Crippen molar-refractivity contribution in [3.8, 4) is 0 Å². The van der Waals surface area contributed by atoms with E-state index in [-0.39, 0.29) is 11.9 Å². The zero-order valence-corrected chi connectivity index (χ0v) is 11.4. The molecule has 0 aromatic carbocycles. The Morgan fingerprint density at radius 2 is 2.17 bits per heavy atom. The molecule has 18 heavy (non-hydrogen) atoms. The Morgan fingerprint density at radius 1 is 1.39 bits per heavy atom. The minimum absolute atomic E-state index is 0.216. The smallest absolute Gasteiger partial charge is 0.225 e. The second-order valence-corrected chi connectivity index (χ2v) is 5.87. The average Bonchev–Trinajstić information content (AvgIpc) is 3.18. The number of piperidine rings is 1. The third-order valence-electron chi connectivity index (χ3n) is 4.08. The van der Waals surface area contributed by atoms with Crippen molar-refractivity contribution in [1.29, 1.82) is 0 Å². The molecule has 1 aliphatic carbocycles. The van der Waals surface area contributed by atoms with Gasteiger partial charge >= 0.3 is 0 Å². The number of hydrogen-bond acceptors (Lipinski definition) is 3. The molecule has 2 rings (SSSR count). The molecule has 4 nitrogen and oxygen atoms in total. The highest BCUT2D eigenvalue weighted by molar-refractivity contribution is 5.76. The van der Waals surface area contributed by atoms with Crippen LogP contribution in [0.25, 0.3) is 0 Å². The van der Waals surface area contributed by atoms with Gasteiger partial charge in [0, 0.05) is 25.7 Å². The maximum atomic E-state index is 12.1. The zero-order chi connectivity index (χ0) is 13.0. The Bertz CT molecular complexity index is 279. The topological polar surface area (TPSA) is 55.6 Å². The van der Waals surface area contributed by atoms with E-state index in [1.165, 1.54) is 12.8 Å². The van der Waals surface area contributed by atoms with Crippen LogP contribution >= 0.6 is 0 Å². The van der Waals surface area contributed by atoms with Gasteiger partial charge < -0.3 is 15.4 Å². The summed E-state index contributed by atoms with van der Waals surface area (Å²) in [5.74, 6) is 1.68. The van der Waals surface area contributed by atoms with Crippen LogP contribution in [0.15, 0.2) is 0 Å². The SMILES string of the molecule is CC1CCN(C(=O)CCOCC2CC2)C(CN)C1. The summed E-state index contributed by atoms with van der Waals surface area (Å²) in [7, 11) is 0. The molecule has 1 amide bonds. The number of rotatable bonds is 6. The second-order valence-electron chi connectivity index (χ2n) is 5.87. The van der Waals surface area contributed by atoms with Crippen molar-refractivity contribution in [3.63, 3.8) is 0 Å². The predicted octanol–water partition coefficient (Wildman–Crippen LogP) is 1.39. The molecule has 4 heteroatoms. The van der Waals surface area contributed by atoms with Crippen molar-refractivity contribution >= 4 is 5.91 Å². The lowest BCUT2D eigenvalue weighted by molar-refractivity contribution is -0.136. The summed E-state index contributed by atoms with van der Waals surface area (Å²) in [5, 5.41) is 0. The maximum Gasteiger partial charge on any atom is 0.225 e. The number of hydrogen-bond donors (Lipinski definition) is 1. The molecular formula is C14H26N2O2. The van der Waals surface area contributed by atoms with Gasteiger partial charge in [-0.15, -0.1) is 0 Å². The Balaban J connectivity index is 1.68. The number of carbonyl (C=O) groups excluding carboxylic acids is 1. The predicted molar refractivity (Wildman–Crippen MR) is 71.1 cm³/mol. The molecule has 1 aliphatic heterocycles. The Hall–Kier alpha value is -0.610. The van der Waals surface area contributed by atoms with Gasteiger partial charge in [0.2, 0.25) is 5.91 Å². The highest BCUT2D eigenvalue weighted by Crippen LogP contribution is 2.28. The van der Waals surface area contributed by atoms with Gasteiger partial charge in [0.15, 0.2) is 0 Å². The van der Waals surface area contributed by atoms with Gasteiger partial charge in [-0.3, -0.25) is 4.79 Å². The van der Waals surface area contributed by atoms with E-state index in [4.69, 9.17) is 10.5 Å². The van der Waals surface area contributed by atoms with E-state index >= 15 is 0 Å². The monoisotopic (exact) mass is 254 g/mol. The van der Waals surface area contributed by atoms with Crippen molar-refractivity contribution in [3.05, 3.63) is 0 Å². The van der Waals surface area contributed by atoms with Crippen LogP contribution in [-0.4, -0.2) is 43.2 Å². The van der Waals surface area contributed by atoms with Crippen molar-refractivity contribution < 1.29 is 9.53 Å². The summed E-state index contributed by atoms with van der Waals surface area (Å²) in [5.41, 5.74) is 5.77. The van der Waals surface area contributed by atoms with Gasteiger partial charge in [-0.2, -0.15) is 0 Å². The first-order chi connectivity index (χ1) is 8.70. The lowest BCUT2D eigenvalue weighted by Crippen LogP contribution is -2.49. The molecule has 2 fully saturated rings. The van der Waals surface area contributed by atoms with Crippen LogP contribution in [0.4, 0.5) is 0 Å². The Labute approximate surface area is 110 Å². The average molecular weight is 254 g/mol. The first-order valence-corrected chi connectivity index (χ1v) is 7.28. The fraction of sp³-hybridized carbons (Fsp3) is 0.929. The molecule has 1 heterocycles. The van der Waals surface area contributed by atoms with E-state index < -0.39 is 0 Å². The second kappa shape index (κ2) is 6.53. The van der Waals surface area contributed by atoms with E-state index in [9.17, 15) is 4.79 Å². The van der Waals surface area contributed by atoms with Crippen LogP contribution in [0.1, 0.15) is 39.0 Å². The summed E-state index contributed by atoms with van der Waals surface area (Å²) in [6.45, 7) is 5.09. The molecule has 2 aliphatic rings. The van der Waals surface area contributed by atoms with Gasteiger partial charge in [-0.1, -0.05) is 6.92 Å². The van der Waals surface area contributed by atoms with E-state index in [0.29, 0.717) is 25.5 Å². The van der Waals surface area contributed by atoms with E-state index in [1.807, 2.05) is 4.90 Å². The number of carbonyl (C=O) groups is 1. The molecular weight excluding hydrogens is 228 g/mol. The van der Waals surface area contributed by atoms with Crippen LogP contribution in [0.2, 0.25) is 0 Å². The highest BCUT2D eigenvalue weighted by Gasteiger charge is 2.28. The normalized spacial score (nSPS) is 28.4. The Kier molecular flexibility index (Phi) is 5.01. The molecule has 2 atom stereocenters. The lowest BCUT2D eigenvalue weighted by atomic mass is 9.92. The number of likely N-dealkylation sites (tertiary alicyclic amines) is 1. The molecule has 2 N–H and O–H groups in total. The number of ether oxygens (including phenoxy) is 1. The van der Waals surface area contributed by atoms with Crippen molar-refractivity contribution in [2.45, 2.75) is 45.1 Å². The van der Waals surface area contributed by atoms with Gasteiger partial charge in [0.05, 0.1) is 13.0 Å². The quantitative estimate of drug-likeness (QED) is 0.729. The Morgan fingerprint density at radius 3 is 2.83 bits per heavy atom. The summed E-state index contributed by atoms with van der Waals surface area (Å²) in [6, 6.07) is 0.240. The number of amides is 1. The molecule has 0 aromatic heterocycles. The molecule has 1 saturated heterocycles. The van der Waals surface area contributed by atoms with Crippen LogP contribution in [0.5, 0.6) is 0 Å². The first-order valence-electron chi connectivity index (χ1n) is 7.28. The minimum atomic E-state index is 0.216. The molecule has 0 spiro atoms. The van der Waals surface area contributed by atoms with Crippen molar-refractivity contribution in [2.24, 2.45) is 17.6 Å². The molecule has 2 unspecified atom stereocenters. The van der Waals surface area contributed by atoms with Gasteiger partial charge in [0.1, 0.15) is 0 Å². The van der Waals surface area contributed by atoms with Crippen molar-refractivity contribution in [1.82, 2.24) is 4.90 Å². The number of nitrogens with two attached hydrogens (primary N) is 1. The first kappa shape index (κ1) is 13.8. The van der Waals surface area contributed by atoms with E-state index in [2.05, 4.69) is 6.92 Å². The third kappa shape index (κ3) is 3.95. The maximum absolute atomic E-state index is 12.1.